The lowest BCUT2D eigenvalue weighted by Crippen LogP contribution is -2.40. The third-order valence-corrected chi connectivity index (χ3v) is 6.87. The van der Waals surface area contributed by atoms with Gasteiger partial charge in [0.1, 0.15) is 0 Å². The summed E-state index contributed by atoms with van der Waals surface area (Å²) in [5.74, 6) is 2.31. The number of benzene rings is 1. The van der Waals surface area contributed by atoms with Crippen LogP contribution >= 0.6 is 0 Å². The molecule has 25 heavy (non-hydrogen) atoms. The van der Waals surface area contributed by atoms with Crippen molar-refractivity contribution in [2.24, 2.45) is 23.2 Å². The molecule has 2 fully saturated rings. The van der Waals surface area contributed by atoms with Crippen LogP contribution in [0.15, 0.2) is 78.4 Å². The van der Waals surface area contributed by atoms with Gasteiger partial charge in [-0.25, -0.2) is 0 Å². The first kappa shape index (κ1) is 16.6. The van der Waals surface area contributed by atoms with Crippen molar-refractivity contribution in [3.05, 3.63) is 84.0 Å². The fourth-order valence-electron chi connectivity index (χ4n) is 5.63. The molecule has 5 atom stereocenters. The quantitative estimate of drug-likeness (QED) is 0.581. The molecule has 1 aromatic rings. The highest BCUT2D eigenvalue weighted by Gasteiger charge is 2.67. The molecule has 0 bridgehead atoms. The monoisotopic (exact) mass is 330 g/mol. The Labute approximate surface area is 153 Å². The Bertz CT molecular complexity index is 748. The number of hydrogen-bond donors (Lipinski definition) is 0. The van der Waals surface area contributed by atoms with E-state index < -0.39 is 0 Å². The largest absolute Gasteiger partial charge is 0.0808 e. The molecule has 0 saturated heterocycles. The lowest BCUT2D eigenvalue weighted by atomic mass is 9.58. The average molecular weight is 331 g/mol. The van der Waals surface area contributed by atoms with Crippen LogP contribution in [0.2, 0.25) is 0 Å². The van der Waals surface area contributed by atoms with E-state index in [-0.39, 0.29) is 5.41 Å². The summed E-state index contributed by atoms with van der Waals surface area (Å²) in [5, 5.41) is 0. The number of fused-ring (bicyclic) bond motifs is 2. The van der Waals surface area contributed by atoms with Crippen LogP contribution in [0.25, 0.3) is 0 Å². The van der Waals surface area contributed by atoms with Crippen molar-refractivity contribution >= 4 is 0 Å². The van der Waals surface area contributed by atoms with Crippen LogP contribution in [0.5, 0.6) is 0 Å². The zero-order chi connectivity index (χ0) is 17.5. The van der Waals surface area contributed by atoms with E-state index in [1.54, 1.807) is 5.57 Å². The molecule has 2 saturated carbocycles. The molecular formula is C25H30. The first-order chi connectivity index (χ1) is 12.3. The smallest absolute Gasteiger partial charge is 0.0262 e. The summed E-state index contributed by atoms with van der Waals surface area (Å²) in [6.45, 7) is 6.40. The fraction of sp³-hybridized carbons (Fsp3) is 0.440. The molecule has 0 heteroatoms. The van der Waals surface area contributed by atoms with E-state index in [1.165, 1.54) is 24.8 Å². The maximum absolute atomic E-state index is 2.53. The molecule has 0 spiro atoms. The molecule has 0 aromatic heterocycles. The van der Waals surface area contributed by atoms with Gasteiger partial charge in [-0.2, -0.15) is 0 Å². The van der Waals surface area contributed by atoms with Crippen molar-refractivity contribution in [1.82, 2.24) is 0 Å². The van der Waals surface area contributed by atoms with Crippen LogP contribution in [0.3, 0.4) is 0 Å². The molecule has 0 radical (unpaired) electrons. The Kier molecular flexibility index (Phi) is 4.10. The van der Waals surface area contributed by atoms with Crippen molar-refractivity contribution in [3.63, 3.8) is 0 Å². The first-order valence-electron chi connectivity index (χ1n) is 10.1. The molecule has 0 amide bonds. The molecule has 130 valence electrons. The van der Waals surface area contributed by atoms with E-state index in [1.807, 2.05) is 13.8 Å². The van der Waals surface area contributed by atoms with Crippen molar-refractivity contribution < 1.29 is 0 Å². The summed E-state index contributed by atoms with van der Waals surface area (Å²) in [6.07, 6.45) is 20.6. The lowest BCUT2D eigenvalue weighted by Gasteiger charge is -2.45. The zero-order valence-electron chi connectivity index (χ0n) is 15.8. The van der Waals surface area contributed by atoms with Gasteiger partial charge in [-0.15, -0.1) is 0 Å². The number of rotatable bonds is 4. The molecule has 0 N–H and O–H groups in total. The van der Waals surface area contributed by atoms with E-state index in [0.29, 0.717) is 5.41 Å². The Morgan fingerprint density at radius 1 is 1.04 bits per heavy atom. The van der Waals surface area contributed by atoms with Crippen LogP contribution in [0.4, 0.5) is 0 Å². The van der Waals surface area contributed by atoms with Gasteiger partial charge in [-0.3, -0.25) is 0 Å². The van der Waals surface area contributed by atoms with Crippen molar-refractivity contribution in [2.75, 3.05) is 0 Å². The third kappa shape index (κ3) is 2.26. The number of allylic oxidation sites excluding steroid dienone is 8. The van der Waals surface area contributed by atoms with Gasteiger partial charge >= 0.3 is 0 Å². The summed E-state index contributed by atoms with van der Waals surface area (Å²) in [6, 6.07) is 11.3. The summed E-state index contributed by atoms with van der Waals surface area (Å²) >= 11 is 0. The second kappa shape index (κ2) is 6.16. The zero-order valence-corrected chi connectivity index (χ0v) is 15.8. The molecular weight excluding hydrogens is 300 g/mol. The predicted molar refractivity (Wildman–Crippen MR) is 107 cm³/mol. The van der Waals surface area contributed by atoms with Crippen molar-refractivity contribution in [3.8, 4) is 0 Å². The Balaban J connectivity index is 0.000000758. The normalized spacial score (nSPS) is 35.5. The molecule has 4 aliphatic carbocycles. The van der Waals surface area contributed by atoms with Gasteiger partial charge in [0.15, 0.2) is 0 Å². The maximum Gasteiger partial charge on any atom is 0.0262 e. The van der Waals surface area contributed by atoms with Gasteiger partial charge in [0.05, 0.1) is 0 Å². The molecule has 5 unspecified atom stereocenters. The minimum Gasteiger partial charge on any atom is -0.0808 e. The van der Waals surface area contributed by atoms with Gasteiger partial charge in [0.2, 0.25) is 0 Å². The second-order valence-electron chi connectivity index (χ2n) is 7.73. The van der Waals surface area contributed by atoms with Crippen LogP contribution in [-0.4, -0.2) is 0 Å². The molecule has 4 aliphatic rings. The molecule has 0 nitrogen and oxygen atoms in total. The molecule has 0 heterocycles. The van der Waals surface area contributed by atoms with Gasteiger partial charge in [0.25, 0.3) is 0 Å². The van der Waals surface area contributed by atoms with Crippen molar-refractivity contribution in [2.45, 2.75) is 45.4 Å². The minimum atomic E-state index is 0.171. The summed E-state index contributed by atoms with van der Waals surface area (Å²) in [4.78, 5) is 0. The molecule has 5 rings (SSSR count). The van der Waals surface area contributed by atoms with Gasteiger partial charge in [-0.1, -0.05) is 99.2 Å². The summed E-state index contributed by atoms with van der Waals surface area (Å²) < 4.78 is 0. The van der Waals surface area contributed by atoms with E-state index in [2.05, 4.69) is 79.8 Å². The maximum atomic E-state index is 2.53. The average Bonchev–Trinajstić information content (AvgIpc) is 3.59. The Hall–Kier alpha value is -1.82. The van der Waals surface area contributed by atoms with Crippen LogP contribution in [0.1, 0.15) is 45.6 Å². The van der Waals surface area contributed by atoms with Gasteiger partial charge in [-0.05, 0) is 42.6 Å². The Morgan fingerprint density at radius 3 is 2.56 bits per heavy atom. The van der Waals surface area contributed by atoms with E-state index in [0.717, 1.165) is 17.8 Å². The number of hydrogen-bond acceptors (Lipinski definition) is 0. The fourth-order valence-corrected chi connectivity index (χ4v) is 5.63. The van der Waals surface area contributed by atoms with E-state index in [9.17, 15) is 0 Å². The first-order valence-corrected chi connectivity index (χ1v) is 10.1. The SMILES string of the molecule is CC.CCC(C1=CC=CC2CC12)(c1ccccc1)C12C=CC=CC1C2. The molecule has 1 aromatic carbocycles. The van der Waals surface area contributed by atoms with E-state index >= 15 is 0 Å². The van der Waals surface area contributed by atoms with Crippen LogP contribution in [-0.2, 0) is 5.41 Å². The second-order valence-corrected chi connectivity index (χ2v) is 7.73. The Morgan fingerprint density at radius 2 is 1.84 bits per heavy atom. The van der Waals surface area contributed by atoms with Crippen LogP contribution < -0.4 is 0 Å². The topological polar surface area (TPSA) is 0 Å². The van der Waals surface area contributed by atoms with Crippen LogP contribution in [0, 0.1) is 23.2 Å². The van der Waals surface area contributed by atoms with E-state index in [4.69, 9.17) is 0 Å². The summed E-state index contributed by atoms with van der Waals surface area (Å²) in [5.41, 5.74) is 3.71. The third-order valence-electron chi connectivity index (χ3n) is 6.87. The highest BCUT2D eigenvalue weighted by molar-refractivity contribution is 5.53. The summed E-state index contributed by atoms with van der Waals surface area (Å²) in [7, 11) is 0. The minimum absolute atomic E-state index is 0.171. The van der Waals surface area contributed by atoms with Crippen molar-refractivity contribution in [1.29, 1.82) is 0 Å². The van der Waals surface area contributed by atoms with Gasteiger partial charge < -0.3 is 0 Å². The standard InChI is InChI=1S/C23H24.C2H6/c1-2-23(18-10-4-3-5-11-18,21-13-8-9-17-15-20(17)21)22-14-7-6-12-19(22)16-22;1-2/h3-14,17,19-20H,2,15-16H2,1H3;1-2H3. The highest BCUT2D eigenvalue weighted by Crippen LogP contribution is 2.72. The lowest BCUT2D eigenvalue weighted by molar-refractivity contribution is 0.309. The predicted octanol–water partition coefficient (Wildman–Crippen LogP) is 6.63. The van der Waals surface area contributed by atoms with Gasteiger partial charge in [0, 0.05) is 10.8 Å². The highest BCUT2D eigenvalue weighted by atomic mass is 14.7. The molecule has 0 aliphatic heterocycles.